The fraction of sp³-hybridized carbons (Fsp3) is 0. The van der Waals surface area contributed by atoms with E-state index in [4.69, 9.17) is 0 Å². The third kappa shape index (κ3) is 3.18. The molecule has 6 heteroatoms. The predicted octanol–water partition coefficient (Wildman–Crippen LogP) is 2.98. The Kier molecular flexibility index (Phi) is 4.11. The third-order valence-electron chi connectivity index (χ3n) is 2.10. The van der Waals surface area contributed by atoms with Crippen LogP contribution in [0.4, 0.5) is 0 Å². The van der Waals surface area contributed by atoms with Gasteiger partial charge >= 0.3 is 0 Å². The van der Waals surface area contributed by atoms with Crippen molar-refractivity contribution in [3.8, 4) is 5.75 Å². The van der Waals surface area contributed by atoms with E-state index in [9.17, 15) is 9.90 Å². The number of nitrogens with zero attached hydrogens (tertiary/aromatic N) is 1. The SMILES string of the molecule is O=C(N/N=C/c1ccc(Br)s1)c1ccccc1O. The van der Waals surface area contributed by atoms with Gasteiger partial charge in [0.05, 0.1) is 15.6 Å². The van der Waals surface area contributed by atoms with Crippen molar-refractivity contribution in [1.82, 2.24) is 5.43 Å². The van der Waals surface area contributed by atoms with Crippen molar-refractivity contribution in [1.29, 1.82) is 0 Å². The number of rotatable bonds is 3. The molecule has 1 amide bonds. The van der Waals surface area contributed by atoms with Crippen LogP contribution >= 0.6 is 27.3 Å². The summed E-state index contributed by atoms with van der Waals surface area (Å²) in [5.41, 5.74) is 2.56. The van der Waals surface area contributed by atoms with Crippen LogP contribution in [0.25, 0.3) is 0 Å². The maximum absolute atomic E-state index is 11.7. The first kappa shape index (κ1) is 12.8. The van der Waals surface area contributed by atoms with E-state index < -0.39 is 5.91 Å². The van der Waals surface area contributed by atoms with Crippen molar-refractivity contribution in [2.45, 2.75) is 0 Å². The summed E-state index contributed by atoms with van der Waals surface area (Å²) in [5.74, 6) is -0.510. The number of hydrazone groups is 1. The molecule has 0 saturated heterocycles. The largest absolute Gasteiger partial charge is 0.507 e. The molecule has 0 bridgehead atoms. The molecule has 1 aromatic heterocycles. The molecule has 0 aliphatic carbocycles. The van der Waals surface area contributed by atoms with E-state index in [0.29, 0.717) is 0 Å². The Morgan fingerprint density at radius 2 is 2.11 bits per heavy atom. The number of thiophene rings is 1. The van der Waals surface area contributed by atoms with Gasteiger partial charge in [0.15, 0.2) is 0 Å². The highest BCUT2D eigenvalue weighted by atomic mass is 79.9. The van der Waals surface area contributed by atoms with Gasteiger partial charge in [0, 0.05) is 4.88 Å². The zero-order valence-corrected chi connectivity index (χ0v) is 11.5. The molecule has 0 aliphatic rings. The van der Waals surface area contributed by atoms with E-state index in [1.807, 2.05) is 12.1 Å². The van der Waals surface area contributed by atoms with Gasteiger partial charge < -0.3 is 5.11 Å². The number of benzene rings is 1. The van der Waals surface area contributed by atoms with Gasteiger partial charge in [0.1, 0.15) is 5.75 Å². The summed E-state index contributed by atoms with van der Waals surface area (Å²) in [6, 6.07) is 10.1. The highest BCUT2D eigenvalue weighted by Gasteiger charge is 2.08. The molecular formula is C12H9BrN2O2S. The number of para-hydroxylation sites is 1. The normalized spacial score (nSPS) is 10.7. The lowest BCUT2D eigenvalue weighted by Crippen LogP contribution is -2.17. The maximum Gasteiger partial charge on any atom is 0.275 e. The summed E-state index contributed by atoms with van der Waals surface area (Å²) >= 11 is 4.84. The second-order valence-corrected chi connectivity index (χ2v) is 5.85. The number of hydrogen-bond donors (Lipinski definition) is 2. The molecule has 18 heavy (non-hydrogen) atoms. The topological polar surface area (TPSA) is 61.7 Å². The average molecular weight is 325 g/mol. The molecule has 4 nitrogen and oxygen atoms in total. The molecule has 0 unspecified atom stereocenters. The van der Waals surface area contributed by atoms with Crippen molar-refractivity contribution in [2.24, 2.45) is 5.10 Å². The van der Waals surface area contributed by atoms with Gasteiger partial charge in [-0.15, -0.1) is 11.3 Å². The fourth-order valence-corrected chi connectivity index (χ4v) is 2.57. The molecule has 1 heterocycles. The maximum atomic E-state index is 11.7. The molecule has 92 valence electrons. The lowest BCUT2D eigenvalue weighted by molar-refractivity contribution is 0.0952. The smallest absolute Gasteiger partial charge is 0.275 e. The Hall–Kier alpha value is -1.66. The van der Waals surface area contributed by atoms with Gasteiger partial charge in [-0.1, -0.05) is 12.1 Å². The highest BCUT2D eigenvalue weighted by Crippen LogP contribution is 2.20. The zero-order valence-electron chi connectivity index (χ0n) is 9.13. The highest BCUT2D eigenvalue weighted by molar-refractivity contribution is 9.11. The van der Waals surface area contributed by atoms with Crippen molar-refractivity contribution in [3.05, 3.63) is 50.6 Å². The molecule has 0 atom stereocenters. The number of nitrogens with one attached hydrogen (secondary N) is 1. The van der Waals surface area contributed by atoms with Gasteiger partial charge in [-0.2, -0.15) is 5.10 Å². The second-order valence-electron chi connectivity index (χ2n) is 3.36. The Labute approximate surface area is 116 Å². The fourth-order valence-electron chi connectivity index (χ4n) is 1.28. The van der Waals surface area contributed by atoms with Crippen LogP contribution in [-0.2, 0) is 0 Å². The van der Waals surface area contributed by atoms with Crippen LogP contribution in [0, 0.1) is 0 Å². The molecule has 2 rings (SSSR count). The summed E-state index contributed by atoms with van der Waals surface area (Å²) in [4.78, 5) is 12.6. The molecule has 0 aliphatic heterocycles. The Morgan fingerprint density at radius 3 is 2.78 bits per heavy atom. The summed E-state index contributed by atoms with van der Waals surface area (Å²) in [6.07, 6.45) is 1.55. The monoisotopic (exact) mass is 324 g/mol. The third-order valence-corrected chi connectivity index (χ3v) is 3.66. The van der Waals surface area contributed by atoms with Crippen LogP contribution in [0.5, 0.6) is 5.75 Å². The molecular weight excluding hydrogens is 316 g/mol. The number of amides is 1. The molecule has 2 N–H and O–H groups in total. The van der Waals surface area contributed by atoms with Gasteiger partial charge in [-0.25, -0.2) is 5.43 Å². The van der Waals surface area contributed by atoms with Gasteiger partial charge in [-0.05, 0) is 40.2 Å². The van der Waals surface area contributed by atoms with Crippen molar-refractivity contribution >= 4 is 39.4 Å². The van der Waals surface area contributed by atoms with Crippen LogP contribution in [0.2, 0.25) is 0 Å². The van der Waals surface area contributed by atoms with Gasteiger partial charge in [0.25, 0.3) is 5.91 Å². The van der Waals surface area contributed by atoms with E-state index in [1.165, 1.54) is 23.5 Å². The number of aromatic hydroxyl groups is 1. The van der Waals surface area contributed by atoms with Crippen LogP contribution in [-0.4, -0.2) is 17.2 Å². The van der Waals surface area contributed by atoms with E-state index in [2.05, 4.69) is 26.5 Å². The number of carbonyl (C=O) groups excluding carboxylic acids is 1. The Morgan fingerprint density at radius 1 is 1.33 bits per heavy atom. The van der Waals surface area contributed by atoms with Crippen LogP contribution in [0.3, 0.4) is 0 Å². The number of hydrogen-bond acceptors (Lipinski definition) is 4. The predicted molar refractivity (Wildman–Crippen MR) is 75.2 cm³/mol. The standard InChI is InChI=1S/C12H9BrN2O2S/c13-11-6-5-8(18-11)7-14-15-12(17)9-3-1-2-4-10(9)16/h1-7,16H,(H,15,17)/b14-7+. The number of phenols is 1. The van der Waals surface area contributed by atoms with Crippen LogP contribution < -0.4 is 5.43 Å². The number of halogens is 1. The summed E-state index contributed by atoms with van der Waals surface area (Å²) in [7, 11) is 0. The summed E-state index contributed by atoms with van der Waals surface area (Å²) in [6.45, 7) is 0. The average Bonchev–Trinajstić information content (AvgIpc) is 2.75. The Bertz CT molecular complexity index is 595. The van der Waals surface area contributed by atoms with E-state index >= 15 is 0 Å². The summed E-state index contributed by atoms with van der Waals surface area (Å²) < 4.78 is 0.996. The molecule has 0 saturated carbocycles. The van der Waals surface area contributed by atoms with Crippen LogP contribution in [0.15, 0.2) is 45.3 Å². The minimum absolute atomic E-state index is 0.0657. The minimum Gasteiger partial charge on any atom is -0.507 e. The van der Waals surface area contributed by atoms with Crippen LogP contribution in [0.1, 0.15) is 15.2 Å². The van der Waals surface area contributed by atoms with Crippen molar-refractivity contribution < 1.29 is 9.90 Å². The first-order valence-electron chi connectivity index (χ1n) is 5.03. The molecule has 0 radical (unpaired) electrons. The van der Waals surface area contributed by atoms with E-state index in [-0.39, 0.29) is 11.3 Å². The quantitative estimate of drug-likeness (QED) is 0.673. The number of phenolic OH excluding ortho intramolecular Hbond substituents is 1. The minimum atomic E-state index is -0.444. The first-order chi connectivity index (χ1) is 8.66. The zero-order chi connectivity index (χ0) is 13.0. The Balaban J connectivity index is 2.01. The molecule has 0 spiro atoms. The van der Waals surface area contributed by atoms with E-state index in [0.717, 1.165) is 8.66 Å². The second kappa shape index (κ2) is 5.79. The lowest BCUT2D eigenvalue weighted by Gasteiger charge is -2.01. The molecule has 2 aromatic rings. The van der Waals surface area contributed by atoms with E-state index in [1.54, 1.807) is 18.3 Å². The lowest BCUT2D eigenvalue weighted by atomic mass is 10.2. The van der Waals surface area contributed by atoms with Gasteiger partial charge in [-0.3, -0.25) is 4.79 Å². The molecule has 0 fully saturated rings. The van der Waals surface area contributed by atoms with Gasteiger partial charge in [0.2, 0.25) is 0 Å². The van der Waals surface area contributed by atoms with Crippen molar-refractivity contribution in [2.75, 3.05) is 0 Å². The first-order valence-corrected chi connectivity index (χ1v) is 6.64. The molecule has 1 aromatic carbocycles. The number of carbonyl (C=O) groups is 1. The van der Waals surface area contributed by atoms with Crippen molar-refractivity contribution in [3.63, 3.8) is 0 Å². The summed E-state index contributed by atoms with van der Waals surface area (Å²) in [5, 5.41) is 13.3.